The number of nitrogens with zero attached hydrogens (tertiary/aromatic N) is 2. The molecule has 21 heavy (non-hydrogen) atoms. The van der Waals surface area contributed by atoms with Crippen LogP contribution in [0.1, 0.15) is 22.9 Å². The lowest BCUT2D eigenvalue weighted by molar-refractivity contribution is 0.495. The maximum absolute atomic E-state index is 13.7. The van der Waals surface area contributed by atoms with Crippen molar-refractivity contribution in [3.8, 4) is 0 Å². The van der Waals surface area contributed by atoms with E-state index < -0.39 is 11.6 Å². The lowest BCUT2D eigenvalue weighted by Crippen LogP contribution is -2.20. The summed E-state index contributed by atoms with van der Waals surface area (Å²) in [5.74, 6) is -1.77. The first-order valence-electron chi connectivity index (χ1n) is 6.35. The third kappa shape index (κ3) is 3.12. The molecule has 2 aromatic rings. The smallest absolute Gasteiger partial charge is 0.173 e. The number of halogens is 4. The highest BCUT2D eigenvalue weighted by Gasteiger charge is 2.21. The van der Waals surface area contributed by atoms with Gasteiger partial charge in [-0.3, -0.25) is 4.68 Å². The molecule has 0 amide bonds. The van der Waals surface area contributed by atoms with Crippen molar-refractivity contribution in [3.63, 3.8) is 0 Å². The standard InChI is InChI=1S/C14H15BrClF2N3/c1-7-9(14(16)21(3)20-7)6-11(19-2)8-4-5-10(17)13(18)12(8)15/h4-5,11,19H,6H2,1-3H3. The molecule has 0 fully saturated rings. The summed E-state index contributed by atoms with van der Waals surface area (Å²) in [4.78, 5) is 0. The fourth-order valence-corrected chi connectivity index (χ4v) is 3.14. The van der Waals surface area contributed by atoms with E-state index in [1.165, 1.54) is 0 Å². The van der Waals surface area contributed by atoms with Gasteiger partial charge in [-0.05, 0) is 48.0 Å². The van der Waals surface area contributed by atoms with Gasteiger partial charge >= 0.3 is 0 Å². The van der Waals surface area contributed by atoms with Crippen molar-refractivity contribution < 1.29 is 8.78 Å². The second-order valence-electron chi connectivity index (χ2n) is 4.79. The minimum absolute atomic E-state index is 0.125. The average molecular weight is 379 g/mol. The van der Waals surface area contributed by atoms with Crippen LogP contribution >= 0.6 is 27.5 Å². The first-order valence-corrected chi connectivity index (χ1v) is 7.52. The molecule has 7 heteroatoms. The normalized spacial score (nSPS) is 12.7. The highest BCUT2D eigenvalue weighted by Crippen LogP contribution is 2.31. The molecule has 0 bridgehead atoms. The zero-order valence-electron chi connectivity index (χ0n) is 11.8. The molecule has 1 unspecified atom stereocenters. The van der Waals surface area contributed by atoms with Gasteiger partial charge in [-0.1, -0.05) is 17.7 Å². The lowest BCUT2D eigenvalue weighted by atomic mass is 9.99. The van der Waals surface area contributed by atoms with E-state index in [0.29, 0.717) is 17.1 Å². The van der Waals surface area contributed by atoms with E-state index in [-0.39, 0.29) is 10.5 Å². The number of hydrogen-bond acceptors (Lipinski definition) is 2. The van der Waals surface area contributed by atoms with Gasteiger partial charge < -0.3 is 5.32 Å². The quantitative estimate of drug-likeness (QED) is 0.817. The molecule has 0 radical (unpaired) electrons. The van der Waals surface area contributed by atoms with Gasteiger partial charge in [-0.25, -0.2) is 8.78 Å². The zero-order valence-corrected chi connectivity index (χ0v) is 14.2. The van der Waals surface area contributed by atoms with Crippen molar-refractivity contribution in [1.29, 1.82) is 0 Å². The monoisotopic (exact) mass is 377 g/mol. The molecular formula is C14H15BrClF2N3. The van der Waals surface area contributed by atoms with Crippen molar-refractivity contribution in [2.45, 2.75) is 19.4 Å². The van der Waals surface area contributed by atoms with Crippen LogP contribution in [0, 0.1) is 18.6 Å². The van der Waals surface area contributed by atoms with Crippen molar-refractivity contribution in [2.75, 3.05) is 7.05 Å². The van der Waals surface area contributed by atoms with Gasteiger partial charge in [0.15, 0.2) is 11.6 Å². The zero-order chi connectivity index (χ0) is 15.7. The van der Waals surface area contributed by atoms with Crippen LogP contribution in [0.3, 0.4) is 0 Å². The van der Waals surface area contributed by atoms with Crippen LogP contribution in [0.25, 0.3) is 0 Å². The molecule has 0 aliphatic heterocycles. The molecule has 2 rings (SSSR count). The van der Waals surface area contributed by atoms with Crippen LogP contribution in [-0.4, -0.2) is 16.8 Å². The summed E-state index contributed by atoms with van der Waals surface area (Å²) in [6.07, 6.45) is 0.526. The Labute approximate surface area is 135 Å². The first kappa shape index (κ1) is 16.4. The third-order valence-corrected chi connectivity index (χ3v) is 4.75. The third-order valence-electron chi connectivity index (χ3n) is 3.47. The summed E-state index contributed by atoms with van der Waals surface area (Å²) >= 11 is 9.34. The molecule has 1 heterocycles. The second kappa shape index (κ2) is 6.42. The van der Waals surface area contributed by atoms with E-state index in [2.05, 4.69) is 26.3 Å². The highest BCUT2D eigenvalue weighted by atomic mass is 79.9. The number of nitrogens with one attached hydrogen (secondary N) is 1. The van der Waals surface area contributed by atoms with Crippen molar-refractivity contribution in [3.05, 3.63) is 50.2 Å². The van der Waals surface area contributed by atoms with Gasteiger partial charge in [0.1, 0.15) is 5.15 Å². The van der Waals surface area contributed by atoms with Crippen molar-refractivity contribution in [1.82, 2.24) is 15.1 Å². The molecule has 3 nitrogen and oxygen atoms in total. The SMILES string of the molecule is CNC(Cc1c(C)nn(C)c1Cl)c1ccc(F)c(F)c1Br. The van der Waals surface area contributed by atoms with Crippen molar-refractivity contribution >= 4 is 27.5 Å². The number of likely N-dealkylation sites (N-methyl/N-ethyl adjacent to an activating group) is 1. The molecule has 0 spiro atoms. The van der Waals surface area contributed by atoms with Gasteiger partial charge in [0.25, 0.3) is 0 Å². The van der Waals surface area contributed by atoms with Crippen molar-refractivity contribution in [2.24, 2.45) is 7.05 Å². The van der Waals surface area contributed by atoms with Crippen LogP contribution < -0.4 is 5.32 Å². The number of benzene rings is 1. The lowest BCUT2D eigenvalue weighted by Gasteiger charge is -2.18. The van der Waals surface area contributed by atoms with E-state index in [1.54, 1.807) is 24.8 Å². The molecule has 114 valence electrons. The van der Waals surface area contributed by atoms with E-state index in [0.717, 1.165) is 17.3 Å². The fourth-order valence-electron chi connectivity index (χ4n) is 2.29. The van der Waals surface area contributed by atoms with Crippen LogP contribution in [0.4, 0.5) is 8.78 Å². The summed E-state index contributed by atoms with van der Waals surface area (Å²) in [6.45, 7) is 1.87. The summed E-state index contributed by atoms with van der Waals surface area (Å²) in [7, 11) is 3.53. The Kier molecular flexibility index (Phi) is 5.01. The molecule has 1 aromatic carbocycles. The molecule has 0 aliphatic carbocycles. The predicted octanol–water partition coefficient (Wildman–Crippen LogP) is 3.93. The number of aromatic nitrogens is 2. The molecule has 1 N–H and O–H groups in total. The van der Waals surface area contributed by atoms with E-state index in [9.17, 15) is 8.78 Å². The maximum atomic E-state index is 13.7. The predicted molar refractivity (Wildman–Crippen MR) is 82.5 cm³/mol. The van der Waals surface area contributed by atoms with Crippen LogP contribution in [-0.2, 0) is 13.5 Å². The summed E-state index contributed by atoms with van der Waals surface area (Å²) in [5.41, 5.74) is 2.34. The van der Waals surface area contributed by atoms with E-state index in [1.807, 2.05) is 6.92 Å². The Hall–Kier alpha value is -0.980. The average Bonchev–Trinajstić information content (AvgIpc) is 2.69. The molecule has 1 aromatic heterocycles. The number of aryl methyl sites for hydroxylation is 2. The molecule has 1 atom stereocenters. The Morgan fingerprint density at radius 2 is 2.10 bits per heavy atom. The molecular weight excluding hydrogens is 364 g/mol. The van der Waals surface area contributed by atoms with Gasteiger partial charge in [-0.15, -0.1) is 0 Å². The van der Waals surface area contributed by atoms with Gasteiger partial charge in [0.2, 0.25) is 0 Å². The Bertz CT molecular complexity index is 673. The second-order valence-corrected chi connectivity index (χ2v) is 5.94. The largest absolute Gasteiger partial charge is 0.313 e. The fraction of sp³-hybridized carbons (Fsp3) is 0.357. The Morgan fingerprint density at radius 3 is 2.62 bits per heavy atom. The van der Waals surface area contributed by atoms with E-state index >= 15 is 0 Å². The molecule has 0 saturated carbocycles. The Morgan fingerprint density at radius 1 is 1.43 bits per heavy atom. The van der Waals surface area contributed by atoms with Gasteiger partial charge in [-0.2, -0.15) is 5.10 Å². The van der Waals surface area contributed by atoms with Gasteiger partial charge in [0, 0.05) is 18.7 Å². The summed E-state index contributed by atoms with van der Waals surface area (Å²) in [5, 5.41) is 7.91. The summed E-state index contributed by atoms with van der Waals surface area (Å²) < 4.78 is 28.6. The number of rotatable bonds is 4. The Balaban J connectivity index is 2.39. The molecule has 0 saturated heterocycles. The van der Waals surface area contributed by atoms with E-state index in [4.69, 9.17) is 11.6 Å². The highest BCUT2D eigenvalue weighted by molar-refractivity contribution is 9.10. The maximum Gasteiger partial charge on any atom is 0.173 e. The minimum Gasteiger partial charge on any atom is -0.313 e. The topological polar surface area (TPSA) is 29.9 Å². The van der Waals surface area contributed by atoms with Crippen LogP contribution in [0.15, 0.2) is 16.6 Å². The van der Waals surface area contributed by atoms with Crippen LogP contribution in [0.2, 0.25) is 5.15 Å². The molecule has 0 aliphatic rings. The minimum atomic E-state index is -0.887. The summed E-state index contributed by atoms with van der Waals surface area (Å²) in [6, 6.07) is 2.47. The first-order chi connectivity index (χ1) is 9.86. The van der Waals surface area contributed by atoms with Crippen LogP contribution in [0.5, 0.6) is 0 Å². The number of hydrogen-bond donors (Lipinski definition) is 1. The van der Waals surface area contributed by atoms with Gasteiger partial charge in [0.05, 0.1) is 10.2 Å².